The van der Waals surface area contributed by atoms with Crippen molar-refractivity contribution in [3.63, 3.8) is 0 Å². The monoisotopic (exact) mass is 186 g/mol. The molecular weight excluding hydrogens is 164 g/mol. The van der Waals surface area contributed by atoms with E-state index in [0.717, 1.165) is 5.92 Å². The molecule has 0 amide bonds. The summed E-state index contributed by atoms with van der Waals surface area (Å²) in [5.41, 5.74) is 0.546. The zero-order chi connectivity index (χ0) is 9.03. The number of thioether (sulfide) groups is 1. The minimum absolute atomic E-state index is 0.546. The molecule has 0 aromatic heterocycles. The Labute approximate surface area is 81.5 Å². The molecule has 0 aromatic rings. The molecule has 1 heterocycles. The van der Waals surface area contributed by atoms with Crippen LogP contribution in [0.5, 0.6) is 0 Å². The fourth-order valence-electron chi connectivity index (χ4n) is 1.67. The van der Waals surface area contributed by atoms with Gasteiger partial charge in [-0.05, 0) is 48.5 Å². The number of hydrogen-bond acceptors (Lipinski definition) is 1. The summed E-state index contributed by atoms with van der Waals surface area (Å²) in [6, 6.07) is 0. The van der Waals surface area contributed by atoms with Crippen LogP contribution in [0.3, 0.4) is 0 Å². The number of hydrogen-bond donors (Lipinski definition) is 0. The van der Waals surface area contributed by atoms with Gasteiger partial charge in [-0.15, -0.1) is 0 Å². The second kappa shape index (κ2) is 4.55. The molecule has 0 aliphatic carbocycles. The second-order valence-corrected chi connectivity index (χ2v) is 6.38. The highest BCUT2D eigenvalue weighted by molar-refractivity contribution is 7.99. The molecule has 1 aliphatic heterocycles. The molecule has 1 aliphatic rings. The topological polar surface area (TPSA) is 0 Å². The van der Waals surface area contributed by atoms with Gasteiger partial charge >= 0.3 is 0 Å². The van der Waals surface area contributed by atoms with Crippen LogP contribution in [0, 0.1) is 11.3 Å². The van der Waals surface area contributed by atoms with Gasteiger partial charge in [0.15, 0.2) is 0 Å². The first-order valence-corrected chi connectivity index (χ1v) is 6.31. The molecule has 1 fully saturated rings. The highest BCUT2D eigenvalue weighted by Crippen LogP contribution is 2.30. The smallest absolute Gasteiger partial charge is 0.00649 e. The zero-order valence-electron chi connectivity index (χ0n) is 8.73. The van der Waals surface area contributed by atoms with Crippen LogP contribution in [0.2, 0.25) is 0 Å². The Morgan fingerprint density at radius 3 is 2.25 bits per heavy atom. The summed E-state index contributed by atoms with van der Waals surface area (Å²) in [5.74, 6) is 3.87. The van der Waals surface area contributed by atoms with Crippen molar-refractivity contribution < 1.29 is 0 Å². The van der Waals surface area contributed by atoms with E-state index in [-0.39, 0.29) is 0 Å². The van der Waals surface area contributed by atoms with Gasteiger partial charge in [-0.2, -0.15) is 11.8 Å². The lowest BCUT2D eigenvalue weighted by atomic mass is 9.85. The predicted octanol–water partition coefficient (Wildman–Crippen LogP) is 3.96. The SMILES string of the molecule is CC(C)(C)CCC1CCSCC1. The van der Waals surface area contributed by atoms with E-state index in [9.17, 15) is 0 Å². The Balaban J connectivity index is 2.13. The minimum Gasteiger partial charge on any atom is -0.162 e. The lowest BCUT2D eigenvalue weighted by molar-refractivity contribution is 0.312. The van der Waals surface area contributed by atoms with Gasteiger partial charge in [0.25, 0.3) is 0 Å². The van der Waals surface area contributed by atoms with Crippen molar-refractivity contribution in [2.45, 2.75) is 46.5 Å². The third-order valence-corrected chi connectivity index (χ3v) is 3.69. The van der Waals surface area contributed by atoms with E-state index >= 15 is 0 Å². The average molecular weight is 186 g/mol. The Morgan fingerprint density at radius 1 is 1.17 bits per heavy atom. The molecule has 72 valence electrons. The standard InChI is InChI=1S/C11H22S/c1-11(2,3)7-4-10-5-8-12-9-6-10/h10H,4-9H2,1-3H3. The summed E-state index contributed by atoms with van der Waals surface area (Å²) < 4.78 is 0. The van der Waals surface area contributed by atoms with Crippen molar-refractivity contribution in [1.29, 1.82) is 0 Å². The van der Waals surface area contributed by atoms with Crippen molar-refractivity contribution in [2.75, 3.05) is 11.5 Å². The zero-order valence-corrected chi connectivity index (χ0v) is 9.54. The average Bonchev–Trinajstić information content (AvgIpc) is 2.02. The van der Waals surface area contributed by atoms with Gasteiger partial charge in [0, 0.05) is 0 Å². The first kappa shape index (κ1) is 10.4. The van der Waals surface area contributed by atoms with Gasteiger partial charge in [-0.1, -0.05) is 20.8 Å². The Hall–Kier alpha value is 0.350. The van der Waals surface area contributed by atoms with E-state index in [4.69, 9.17) is 0 Å². The van der Waals surface area contributed by atoms with Crippen molar-refractivity contribution in [3.05, 3.63) is 0 Å². The van der Waals surface area contributed by atoms with Crippen LogP contribution >= 0.6 is 11.8 Å². The van der Waals surface area contributed by atoms with E-state index in [1.807, 2.05) is 0 Å². The largest absolute Gasteiger partial charge is 0.162 e. The summed E-state index contributed by atoms with van der Waals surface area (Å²) in [7, 11) is 0. The van der Waals surface area contributed by atoms with E-state index in [0.29, 0.717) is 5.41 Å². The normalized spacial score (nSPS) is 21.2. The van der Waals surface area contributed by atoms with Gasteiger partial charge in [0.05, 0.1) is 0 Å². The molecule has 0 atom stereocenters. The molecule has 12 heavy (non-hydrogen) atoms. The quantitative estimate of drug-likeness (QED) is 0.629. The first-order chi connectivity index (χ1) is 5.58. The second-order valence-electron chi connectivity index (χ2n) is 5.16. The minimum atomic E-state index is 0.546. The summed E-state index contributed by atoms with van der Waals surface area (Å²) in [4.78, 5) is 0. The molecule has 0 spiro atoms. The van der Waals surface area contributed by atoms with Gasteiger partial charge in [-0.25, -0.2) is 0 Å². The molecule has 0 bridgehead atoms. The van der Waals surface area contributed by atoms with E-state index in [2.05, 4.69) is 32.5 Å². The predicted molar refractivity (Wildman–Crippen MR) is 58.7 cm³/mol. The fraction of sp³-hybridized carbons (Fsp3) is 1.00. The summed E-state index contributed by atoms with van der Waals surface area (Å²) >= 11 is 2.13. The maximum absolute atomic E-state index is 2.35. The molecule has 0 radical (unpaired) electrons. The molecule has 0 unspecified atom stereocenters. The molecule has 1 heteroatoms. The summed E-state index contributed by atoms with van der Waals surface area (Å²) in [6.07, 6.45) is 5.81. The van der Waals surface area contributed by atoms with Gasteiger partial charge in [0.1, 0.15) is 0 Å². The van der Waals surface area contributed by atoms with Crippen molar-refractivity contribution in [3.8, 4) is 0 Å². The van der Waals surface area contributed by atoms with Crippen LogP contribution in [0.4, 0.5) is 0 Å². The van der Waals surface area contributed by atoms with Crippen LogP contribution in [0.25, 0.3) is 0 Å². The lowest BCUT2D eigenvalue weighted by Gasteiger charge is -2.25. The van der Waals surface area contributed by atoms with Gasteiger partial charge in [0.2, 0.25) is 0 Å². The maximum atomic E-state index is 2.35. The van der Waals surface area contributed by atoms with Crippen LogP contribution in [0.1, 0.15) is 46.5 Å². The van der Waals surface area contributed by atoms with Crippen molar-refractivity contribution >= 4 is 11.8 Å². The van der Waals surface area contributed by atoms with E-state index < -0.39 is 0 Å². The van der Waals surface area contributed by atoms with Crippen LogP contribution in [-0.2, 0) is 0 Å². The Kier molecular flexibility index (Phi) is 3.95. The van der Waals surface area contributed by atoms with Crippen molar-refractivity contribution in [2.24, 2.45) is 11.3 Å². The van der Waals surface area contributed by atoms with Gasteiger partial charge < -0.3 is 0 Å². The lowest BCUT2D eigenvalue weighted by Crippen LogP contribution is -2.13. The maximum Gasteiger partial charge on any atom is -0.00649 e. The molecule has 0 nitrogen and oxygen atoms in total. The van der Waals surface area contributed by atoms with E-state index in [1.54, 1.807) is 0 Å². The third-order valence-electron chi connectivity index (χ3n) is 2.64. The molecule has 1 saturated heterocycles. The molecule has 0 saturated carbocycles. The Bertz CT molecular complexity index is 117. The third kappa shape index (κ3) is 4.39. The summed E-state index contributed by atoms with van der Waals surface area (Å²) in [5, 5.41) is 0. The highest BCUT2D eigenvalue weighted by atomic mass is 32.2. The van der Waals surface area contributed by atoms with Crippen LogP contribution < -0.4 is 0 Å². The molecule has 0 N–H and O–H groups in total. The van der Waals surface area contributed by atoms with Gasteiger partial charge in [-0.3, -0.25) is 0 Å². The fourth-order valence-corrected chi connectivity index (χ4v) is 2.88. The number of rotatable bonds is 2. The van der Waals surface area contributed by atoms with E-state index in [1.165, 1.54) is 37.2 Å². The first-order valence-electron chi connectivity index (χ1n) is 5.16. The van der Waals surface area contributed by atoms with Crippen LogP contribution in [0.15, 0.2) is 0 Å². The van der Waals surface area contributed by atoms with Crippen LogP contribution in [-0.4, -0.2) is 11.5 Å². The molecule has 0 aromatic carbocycles. The molecular formula is C11H22S. The summed E-state index contributed by atoms with van der Waals surface area (Å²) in [6.45, 7) is 7.06. The Morgan fingerprint density at radius 2 is 1.75 bits per heavy atom. The van der Waals surface area contributed by atoms with Crippen molar-refractivity contribution in [1.82, 2.24) is 0 Å². The molecule has 1 rings (SSSR count). The highest BCUT2D eigenvalue weighted by Gasteiger charge is 2.17.